The third kappa shape index (κ3) is 4.99. The molecule has 1 unspecified atom stereocenters. The van der Waals surface area contributed by atoms with Gasteiger partial charge in [-0.25, -0.2) is 0 Å². The van der Waals surface area contributed by atoms with Gasteiger partial charge in [0.15, 0.2) is 16.8 Å². The average molecular weight is 464 g/mol. The highest BCUT2D eigenvalue weighted by molar-refractivity contribution is 7.99. The zero-order valence-corrected chi connectivity index (χ0v) is 19.8. The minimum absolute atomic E-state index is 0.131. The number of nitrogens with zero attached hydrogens (tertiary/aromatic N) is 3. The second-order valence-electron chi connectivity index (χ2n) is 8.68. The molecule has 5 rings (SSSR count). The van der Waals surface area contributed by atoms with E-state index in [9.17, 15) is 4.79 Å². The van der Waals surface area contributed by atoms with Gasteiger partial charge in [-0.1, -0.05) is 23.9 Å². The second kappa shape index (κ2) is 10.1. The molecule has 172 valence electrons. The van der Waals surface area contributed by atoms with Crippen LogP contribution >= 0.6 is 11.8 Å². The highest BCUT2D eigenvalue weighted by atomic mass is 32.2. The van der Waals surface area contributed by atoms with Gasteiger partial charge in [-0.3, -0.25) is 9.36 Å². The number of ketones is 1. The van der Waals surface area contributed by atoms with E-state index in [1.54, 1.807) is 7.11 Å². The molecule has 3 aromatic rings. The lowest BCUT2D eigenvalue weighted by atomic mass is 9.90. The third-order valence-corrected chi connectivity index (χ3v) is 7.44. The molecule has 0 bridgehead atoms. The van der Waals surface area contributed by atoms with Crippen LogP contribution in [0.5, 0.6) is 5.75 Å². The molecule has 0 N–H and O–H groups in total. The predicted molar refractivity (Wildman–Crippen MR) is 129 cm³/mol. The lowest BCUT2D eigenvalue weighted by Crippen LogP contribution is -2.17. The molecule has 6 nitrogen and oxygen atoms in total. The number of methoxy groups -OCH3 is 1. The van der Waals surface area contributed by atoms with E-state index in [1.165, 1.54) is 35.7 Å². The molecular formula is C26H29N3O3S. The standard InChI is InChI=1S/C26H29N3O3S/c1-31-22-12-10-19(11-13-22)25-27-28-26(29(25)16-23-7-4-14-32-23)33-17-24(30)21-9-8-18-5-2-3-6-20(18)15-21/h8-13,15,23H,2-7,14,16-17H2,1H3. The van der Waals surface area contributed by atoms with Crippen molar-refractivity contribution in [2.24, 2.45) is 0 Å². The number of aromatic nitrogens is 3. The summed E-state index contributed by atoms with van der Waals surface area (Å²) < 4.78 is 13.3. The molecule has 1 aliphatic heterocycles. The van der Waals surface area contributed by atoms with Crippen molar-refractivity contribution in [3.63, 3.8) is 0 Å². The normalized spacial score (nSPS) is 17.7. The smallest absolute Gasteiger partial charge is 0.192 e. The summed E-state index contributed by atoms with van der Waals surface area (Å²) in [5, 5.41) is 9.68. The minimum atomic E-state index is 0.131. The predicted octanol–water partition coefficient (Wildman–Crippen LogP) is 4.99. The summed E-state index contributed by atoms with van der Waals surface area (Å²) in [6.45, 7) is 1.48. The van der Waals surface area contributed by atoms with Crippen molar-refractivity contribution in [2.45, 2.75) is 56.3 Å². The fourth-order valence-corrected chi connectivity index (χ4v) is 5.47. The summed E-state index contributed by atoms with van der Waals surface area (Å²) in [5.74, 6) is 2.06. The first-order chi connectivity index (χ1) is 16.2. The molecule has 1 saturated heterocycles. The highest BCUT2D eigenvalue weighted by Crippen LogP contribution is 2.29. The lowest BCUT2D eigenvalue weighted by molar-refractivity contribution is 0.0953. The molecule has 0 saturated carbocycles. The van der Waals surface area contributed by atoms with Crippen molar-refractivity contribution < 1.29 is 14.3 Å². The molecule has 0 spiro atoms. The molecule has 2 aliphatic rings. The molecule has 1 atom stereocenters. The van der Waals surface area contributed by atoms with Crippen LogP contribution in [-0.2, 0) is 24.1 Å². The maximum Gasteiger partial charge on any atom is 0.192 e. The average Bonchev–Trinajstić information content (AvgIpc) is 3.52. The fourth-order valence-electron chi connectivity index (χ4n) is 4.63. The van der Waals surface area contributed by atoms with Gasteiger partial charge >= 0.3 is 0 Å². The second-order valence-corrected chi connectivity index (χ2v) is 9.63. The van der Waals surface area contributed by atoms with E-state index in [0.29, 0.717) is 12.3 Å². The van der Waals surface area contributed by atoms with Crippen LogP contribution in [0.4, 0.5) is 0 Å². The van der Waals surface area contributed by atoms with Crippen LogP contribution in [0.25, 0.3) is 11.4 Å². The van der Waals surface area contributed by atoms with E-state index < -0.39 is 0 Å². The van der Waals surface area contributed by atoms with Crippen LogP contribution in [0.1, 0.15) is 47.2 Å². The Bertz CT molecular complexity index is 1120. The number of hydrogen-bond donors (Lipinski definition) is 0. The number of carbonyl (C=O) groups excluding carboxylic acids is 1. The van der Waals surface area contributed by atoms with E-state index in [0.717, 1.165) is 60.1 Å². The summed E-state index contributed by atoms with van der Waals surface area (Å²) in [6, 6.07) is 14.0. The van der Waals surface area contributed by atoms with Crippen LogP contribution in [0.3, 0.4) is 0 Å². The van der Waals surface area contributed by atoms with Crippen molar-refractivity contribution in [1.82, 2.24) is 14.8 Å². The quantitative estimate of drug-likeness (QED) is 0.346. The zero-order valence-electron chi connectivity index (χ0n) is 19.0. The number of Topliss-reactive ketones (excluding diaryl/α,β-unsaturated/α-hetero) is 1. The van der Waals surface area contributed by atoms with Gasteiger partial charge in [-0.05, 0) is 80.0 Å². The fraction of sp³-hybridized carbons (Fsp3) is 0.423. The number of fused-ring (bicyclic) bond motifs is 1. The SMILES string of the molecule is COc1ccc(-c2nnc(SCC(=O)c3ccc4c(c3)CCCC4)n2CC2CCCO2)cc1. The molecule has 1 fully saturated rings. The molecule has 1 aliphatic carbocycles. The first-order valence-corrected chi connectivity index (χ1v) is 12.7. The highest BCUT2D eigenvalue weighted by Gasteiger charge is 2.23. The van der Waals surface area contributed by atoms with Gasteiger partial charge < -0.3 is 9.47 Å². The number of hydrogen-bond acceptors (Lipinski definition) is 6. The van der Waals surface area contributed by atoms with Crippen LogP contribution in [-0.4, -0.2) is 46.1 Å². The molecular weight excluding hydrogens is 434 g/mol. The number of ether oxygens (including phenoxy) is 2. The molecule has 2 aromatic carbocycles. The van der Waals surface area contributed by atoms with E-state index in [-0.39, 0.29) is 11.9 Å². The van der Waals surface area contributed by atoms with E-state index in [4.69, 9.17) is 9.47 Å². The van der Waals surface area contributed by atoms with Crippen molar-refractivity contribution in [1.29, 1.82) is 0 Å². The van der Waals surface area contributed by atoms with Gasteiger partial charge in [-0.2, -0.15) is 0 Å². The van der Waals surface area contributed by atoms with Crippen molar-refractivity contribution >= 4 is 17.5 Å². The summed E-state index contributed by atoms with van der Waals surface area (Å²) in [6.07, 6.45) is 6.90. The Morgan fingerprint density at radius 2 is 1.91 bits per heavy atom. The van der Waals surface area contributed by atoms with Gasteiger partial charge in [0.1, 0.15) is 5.75 Å². The number of rotatable bonds is 8. The van der Waals surface area contributed by atoms with Gasteiger partial charge in [0.2, 0.25) is 0 Å². The molecule has 0 amide bonds. The summed E-state index contributed by atoms with van der Waals surface area (Å²) in [5.41, 5.74) is 4.49. The van der Waals surface area contributed by atoms with Crippen molar-refractivity contribution in [3.05, 3.63) is 59.2 Å². The lowest BCUT2D eigenvalue weighted by Gasteiger charge is -2.16. The van der Waals surface area contributed by atoms with Crippen molar-refractivity contribution in [3.8, 4) is 17.1 Å². The number of benzene rings is 2. The monoisotopic (exact) mass is 463 g/mol. The molecule has 1 aromatic heterocycles. The third-order valence-electron chi connectivity index (χ3n) is 6.48. The molecule has 2 heterocycles. The Labute approximate surface area is 198 Å². The van der Waals surface area contributed by atoms with Gasteiger partial charge in [0.25, 0.3) is 0 Å². The number of thioether (sulfide) groups is 1. The van der Waals surface area contributed by atoms with Crippen molar-refractivity contribution in [2.75, 3.05) is 19.5 Å². The van der Waals surface area contributed by atoms with Crippen LogP contribution in [0, 0.1) is 0 Å². The summed E-state index contributed by atoms with van der Waals surface area (Å²) in [7, 11) is 1.66. The summed E-state index contributed by atoms with van der Waals surface area (Å²) in [4.78, 5) is 13.0. The largest absolute Gasteiger partial charge is 0.497 e. The van der Waals surface area contributed by atoms with Crippen LogP contribution in [0.15, 0.2) is 47.6 Å². The summed E-state index contributed by atoms with van der Waals surface area (Å²) >= 11 is 1.45. The Morgan fingerprint density at radius 1 is 1.09 bits per heavy atom. The van der Waals surface area contributed by atoms with E-state index in [2.05, 4.69) is 26.9 Å². The van der Waals surface area contributed by atoms with E-state index >= 15 is 0 Å². The van der Waals surface area contributed by atoms with Crippen LogP contribution in [0.2, 0.25) is 0 Å². The Balaban J connectivity index is 1.35. The maximum atomic E-state index is 13.0. The Morgan fingerprint density at radius 3 is 2.67 bits per heavy atom. The topological polar surface area (TPSA) is 66.2 Å². The van der Waals surface area contributed by atoms with Gasteiger partial charge in [0, 0.05) is 17.7 Å². The Kier molecular flexibility index (Phi) is 6.78. The van der Waals surface area contributed by atoms with Gasteiger partial charge in [0.05, 0.1) is 25.5 Å². The van der Waals surface area contributed by atoms with Crippen LogP contribution < -0.4 is 4.74 Å². The first kappa shape index (κ1) is 22.2. The first-order valence-electron chi connectivity index (χ1n) is 11.7. The minimum Gasteiger partial charge on any atom is -0.497 e. The van der Waals surface area contributed by atoms with E-state index in [1.807, 2.05) is 30.3 Å². The maximum absolute atomic E-state index is 13.0. The molecule has 0 radical (unpaired) electrons. The van der Waals surface area contributed by atoms with Gasteiger partial charge in [-0.15, -0.1) is 10.2 Å². The number of aryl methyl sites for hydroxylation is 2. The Hall–Kier alpha value is -2.64. The molecule has 7 heteroatoms. The molecule has 33 heavy (non-hydrogen) atoms. The number of carbonyl (C=O) groups is 1. The zero-order chi connectivity index (χ0) is 22.6.